The minimum Gasteiger partial charge on any atom is -0.444 e. The molecule has 5 aromatic rings. The number of fused-ring (bicyclic) bond motifs is 1. The summed E-state index contributed by atoms with van der Waals surface area (Å²) in [4.78, 5) is 43.9. The van der Waals surface area contributed by atoms with Crippen LogP contribution in [0.4, 0.5) is 14.0 Å². The lowest BCUT2D eigenvalue weighted by Crippen LogP contribution is -2.67. The highest BCUT2D eigenvalue weighted by Crippen LogP contribution is 2.37. The Labute approximate surface area is 348 Å². The number of benzene rings is 4. The number of alkyl carbamates (subject to hydrolysis) is 2. The number of amides is 3. The number of halogens is 1. The average Bonchev–Trinajstić information content (AvgIpc) is 3.55. The van der Waals surface area contributed by atoms with E-state index in [1.807, 2.05) is 60.7 Å². The van der Waals surface area contributed by atoms with Crippen molar-refractivity contribution >= 4 is 47.7 Å². The van der Waals surface area contributed by atoms with Crippen molar-refractivity contribution in [2.75, 3.05) is 19.7 Å². The van der Waals surface area contributed by atoms with E-state index in [0.717, 1.165) is 21.3 Å². The quantitative estimate of drug-likeness (QED) is 0.0830. The van der Waals surface area contributed by atoms with E-state index in [0.29, 0.717) is 16.8 Å². The summed E-state index contributed by atoms with van der Waals surface area (Å²) in [7, 11) is -3.01. The van der Waals surface area contributed by atoms with E-state index in [1.165, 1.54) is 12.1 Å². The first-order valence-electron chi connectivity index (χ1n) is 20.1. The highest BCUT2D eigenvalue weighted by Gasteiger charge is 2.50. The Bertz CT molecular complexity index is 2130. The summed E-state index contributed by atoms with van der Waals surface area (Å²) in [6.45, 7) is 17.7. The molecule has 4 N–H and O–H groups in total. The van der Waals surface area contributed by atoms with Crippen LogP contribution in [-0.2, 0) is 13.9 Å². The Morgan fingerprint density at radius 2 is 1.22 bits per heavy atom. The van der Waals surface area contributed by atoms with E-state index >= 15 is 0 Å². The van der Waals surface area contributed by atoms with Gasteiger partial charge in [-0.3, -0.25) is 4.79 Å². The van der Waals surface area contributed by atoms with Gasteiger partial charge in [0.05, 0.1) is 0 Å². The van der Waals surface area contributed by atoms with Crippen molar-refractivity contribution in [1.29, 1.82) is 0 Å². The number of aromatic amines is 1. The number of rotatable bonds is 14. The summed E-state index contributed by atoms with van der Waals surface area (Å²) >= 11 is 0. The molecule has 0 fully saturated rings. The molecule has 0 bridgehead atoms. The van der Waals surface area contributed by atoms with E-state index in [4.69, 9.17) is 13.9 Å². The smallest absolute Gasteiger partial charge is 0.407 e. The van der Waals surface area contributed by atoms with Crippen LogP contribution < -0.4 is 26.3 Å². The third-order valence-corrected chi connectivity index (χ3v) is 14.8. The fourth-order valence-electron chi connectivity index (χ4n) is 7.36. The average molecular weight is 823 g/mol. The van der Waals surface area contributed by atoms with Crippen molar-refractivity contribution in [2.45, 2.75) is 91.0 Å². The van der Waals surface area contributed by atoms with Crippen LogP contribution in [0.3, 0.4) is 0 Å². The normalized spacial score (nSPS) is 13.3. The van der Waals surface area contributed by atoms with Crippen LogP contribution in [0.1, 0.15) is 79.2 Å². The first-order valence-corrected chi connectivity index (χ1v) is 22.0. The minimum atomic E-state index is -3.01. The Morgan fingerprint density at radius 3 is 1.78 bits per heavy atom. The zero-order chi connectivity index (χ0) is 43.0. The Hall–Kier alpha value is -5.46. The van der Waals surface area contributed by atoms with Crippen molar-refractivity contribution in [3.63, 3.8) is 0 Å². The third kappa shape index (κ3) is 11.8. The second kappa shape index (κ2) is 18.6. The van der Waals surface area contributed by atoms with E-state index in [-0.39, 0.29) is 42.9 Å². The van der Waals surface area contributed by atoms with Crippen LogP contribution in [0, 0.1) is 11.7 Å². The van der Waals surface area contributed by atoms with Gasteiger partial charge in [-0.15, -0.1) is 0 Å². The number of para-hydroxylation sites is 1. The minimum absolute atomic E-state index is 0.0124. The maximum atomic E-state index is 14.2. The molecule has 0 radical (unpaired) electrons. The molecule has 3 amide bonds. The molecule has 12 heteroatoms. The maximum absolute atomic E-state index is 14.2. The molecule has 0 saturated carbocycles. The van der Waals surface area contributed by atoms with Gasteiger partial charge in [-0.25, -0.2) is 14.0 Å². The molecule has 0 aliphatic heterocycles. The molecule has 0 aliphatic rings. The largest absolute Gasteiger partial charge is 0.444 e. The SMILES string of the molecule is CC(C)(C)OC(=O)NCC(CO[Si](c1ccccc1)(c1ccccc1)C(C)(C)C)C[C@H](CNC(=O)c1[nH]c2ccccc2c1-c1ccc(F)cc1)NC(=O)OC(C)(C)C. The van der Waals surface area contributed by atoms with Crippen LogP contribution in [-0.4, -0.2) is 68.3 Å². The number of ether oxygens (including phenoxy) is 2. The number of nitrogens with one attached hydrogen (secondary N) is 4. The van der Waals surface area contributed by atoms with Gasteiger partial charge in [0, 0.05) is 48.1 Å². The van der Waals surface area contributed by atoms with Gasteiger partial charge >= 0.3 is 12.2 Å². The molecule has 314 valence electrons. The zero-order valence-corrected chi connectivity index (χ0v) is 36.7. The number of aromatic nitrogens is 1. The molecular formula is C47H59FN4O6Si. The summed E-state index contributed by atoms with van der Waals surface area (Å²) in [6, 6.07) is 33.4. The van der Waals surface area contributed by atoms with Gasteiger partial charge in [-0.05, 0) is 87.1 Å². The van der Waals surface area contributed by atoms with Gasteiger partial charge in [0.2, 0.25) is 0 Å². The predicted octanol–water partition coefficient (Wildman–Crippen LogP) is 8.70. The summed E-state index contributed by atoms with van der Waals surface area (Å²) < 4.78 is 32.6. The van der Waals surface area contributed by atoms with Crippen LogP contribution in [0.15, 0.2) is 109 Å². The van der Waals surface area contributed by atoms with E-state index < -0.39 is 43.7 Å². The highest BCUT2D eigenvalue weighted by molar-refractivity contribution is 6.99. The number of hydrogen-bond acceptors (Lipinski definition) is 6. The molecule has 0 spiro atoms. The molecule has 4 aromatic carbocycles. The molecule has 5 rings (SSSR count). The van der Waals surface area contributed by atoms with E-state index in [9.17, 15) is 18.8 Å². The molecule has 1 heterocycles. The van der Waals surface area contributed by atoms with Gasteiger partial charge in [-0.1, -0.05) is 112 Å². The first kappa shape index (κ1) is 44.6. The fourth-order valence-corrected chi connectivity index (χ4v) is 12.0. The van der Waals surface area contributed by atoms with E-state index in [2.05, 4.69) is 66.0 Å². The van der Waals surface area contributed by atoms with Crippen molar-refractivity contribution in [2.24, 2.45) is 5.92 Å². The predicted molar refractivity (Wildman–Crippen MR) is 235 cm³/mol. The molecular weight excluding hydrogens is 764 g/mol. The molecule has 1 aromatic heterocycles. The standard InChI is InChI=1S/C47H59FN4O6Si/c1-45(2,3)57-43(54)50-29-32(31-56-59(47(7,8)9,36-18-12-10-13-19-36)37-20-14-11-15-21-37)28-35(51-44(55)58-46(4,5)6)30-49-42(53)41-40(33-24-26-34(48)27-25-33)38-22-16-17-23-39(38)52-41/h10-27,32,35,52H,28-31H2,1-9H3,(H,49,53)(H,50,54)(H,51,55)/t32?,35-/m1/s1. The lowest BCUT2D eigenvalue weighted by molar-refractivity contribution is 0.0467. The highest BCUT2D eigenvalue weighted by atomic mass is 28.4. The van der Waals surface area contributed by atoms with Gasteiger partial charge in [0.25, 0.3) is 14.2 Å². The summed E-state index contributed by atoms with van der Waals surface area (Å²) in [5, 5.41) is 11.7. The first-order chi connectivity index (χ1) is 27.8. The summed E-state index contributed by atoms with van der Waals surface area (Å²) in [6.07, 6.45) is -0.948. The van der Waals surface area contributed by atoms with E-state index in [1.54, 1.807) is 53.7 Å². The molecule has 10 nitrogen and oxygen atoms in total. The van der Waals surface area contributed by atoms with Crippen LogP contribution in [0.2, 0.25) is 5.04 Å². The number of carbonyl (C=O) groups is 3. The second-order valence-corrected chi connectivity index (χ2v) is 22.2. The maximum Gasteiger partial charge on any atom is 0.407 e. The molecule has 0 saturated heterocycles. The monoisotopic (exact) mass is 822 g/mol. The summed E-state index contributed by atoms with van der Waals surface area (Å²) in [5.41, 5.74) is 0.849. The Morgan fingerprint density at radius 1 is 0.678 bits per heavy atom. The van der Waals surface area contributed by atoms with Gasteiger partial charge in [0.15, 0.2) is 0 Å². The lowest BCUT2D eigenvalue weighted by Gasteiger charge is -2.44. The van der Waals surface area contributed by atoms with Crippen LogP contribution >= 0.6 is 0 Å². The lowest BCUT2D eigenvalue weighted by atomic mass is 9.99. The second-order valence-electron chi connectivity index (χ2n) is 17.9. The number of hydrogen-bond donors (Lipinski definition) is 4. The Balaban J connectivity index is 1.49. The summed E-state index contributed by atoms with van der Waals surface area (Å²) in [5.74, 6) is -1.17. The van der Waals surface area contributed by atoms with Gasteiger partial charge in [-0.2, -0.15) is 0 Å². The zero-order valence-electron chi connectivity index (χ0n) is 35.7. The van der Waals surface area contributed by atoms with Crippen molar-refractivity contribution in [3.8, 4) is 11.1 Å². The molecule has 0 aliphatic carbocycles. The fraction of sp³-hybridized carbons (Fsp3) is 0.383. The molecule has 1 unspecified atom stereocenters. The molecule has 59 heavy (non-hydrogen) atoms. The number of carbonyl (C=O) groups excluding carboxylic acids is 3. The topological polar surface area (TPSA) is 131 Å². The van der Waals surface area contributed by atoms with Crippen molar-refractivity contribution in [3.05, 3.63) is 121 Å². The van der Waals surface area contributed by atoms with Crippen molar-refractivity contribution < 1.29 is 32.7 Å². The third-order valence-electron chi connectivity index (χ3n) is 9.80. The number of H-pyrrole nitrogens is 1. The molecule has 2 atom stereocenters. The van der Waals surface area contributed by atoms with Crippen LogP contribution in [0.25, 0.3) is 22.0 Å². The Kier molecular flexibility index (Phi) is 14.1. The van der Waals surface area contributed by atoms with Crippen molar-refractivity contribution in [1.82, 2.24) is 20.9 Å². The van der Waals surface area contributed by atoms with Gasteiger partial charge in [0.1, 0.15) is 22.7 Å². The van der Waals surface area contributed by atoms with Gasteiger partial charge < -0.3 is 34.8 Å². The van der Waals surface area contributed by atoms with Crippen LogP contribution in [0.5, 0.6) is 0 Å².